The molecule has 0 atom stereocenters. The number of hydrogen-bond acceptors (Lipinski definition) is 4. The average Bonchev–Trinajstić information content (AvgIpc) is 3.25. The maximum absolute atomic E-state index is 12.8. The second-order valence-electron chi connectivity index (χ2n) is 6.30. The number of hydrogen-bond donors (Lipinski definition) is 0. The number of imidazole rings is 1. The lowest BCUT2D eigenvalue weighted by Gasteiger charge is -2.06. The number of benzene rings is 2. The fourth-order valence-corrected chi connectivity index (χ4v) is 3.32. The Morgan fingerprint density at radius 3 is 2.50 bits per heavy atom. The van der Waals surface area contributed by atoms with E-state index in [1.807, 2.05) is 55.5 Å². The van der Waals surface area contributed by atoms with Crippen molar-refractivity contribution in [3.05, 3.63) is 77.3 Å². The van der Waals surface area contributed by atoms with Crippen molar-refractivity contribution in [1.82, 2.24) is 19.4 Å². The van der Waals surface area contributed by atoms with Gasteiger partial charge >= 0.3 is 11.7 Å². The Morgan fingerprint density at radius 2 is 1.75 bits per heavy atom. The summed E-state index contributed by atoms with van der Waals surface area (Å²) in [5.41, 5.74) is 3.64. The van der Waals surface area contributed by atoms with Gasteiger partial charge in [-0.3, -0.25) is 4.57 Å². The maximum atomic E-state index is 12.8. The lowest BCUT2D eigenvalue weighted by Crippen LogP contribution is -2.22. The molecule has 0 saturated carbocycles. The van der Waals surface area contributed by atoms with Gasteiger partial charge in [-0.15, -0.1) is 0 Å². The van der Waals surface area contributed by atoms with Crippen molar-refractivity contribution in [2.24, 2.45) is 4.99 Å². The maximum Gasteiger partial charge on any atom is 0.334 e. The van der Waals surface area contributed by atoms with Gasteiger partial charge in [-0.05, 0) is 55.5 Å². The Hall–Kier alpha value is -3.87. The molecule has 0 aliphatic carbocycles. The van der Waals surface area contributed by atoms with Gasteiger partial charge in [0, 0.05) is 12.7 Å². The Balaban J connectivity index is 1.46. The largest absolute Gasteiger partial charge is 0.424 e. The molecule has 7 nitrogen and oxygen atoms in total. The molecule has 2 aromatic heterocycles. The zero-order valence-electron chi connectivity index (χ0n) is 15.1. The Morgan fingerprint density at radius 1 is 0.964 bits per heavy atom. The average molecular weight is 370 g/mol. The van der Waals surface area contributed by atoms with E-state index in [1.54, 1.807) is 27.5 Å². The van der Waals surface area contributed by atoms with Gasteiger partial charge in [0.25, 0.3) is 0 Å². The third-order valence-electron chi connectivity index (χ3n) is 4.63. The van der Waals surface area contributed by atoms with Crippen LogP contribution in [-0.2, 0) is 6.54 Å². The molecule has 0 unspecified atom stereocenters. The van der Waals surface area contributed by atoms with Crippen LogP contribution in [0.5, 0.6) is 5.75 Å². The number of pyridine rings is 1. The molecule has 0 spiro atoms. The molecular weight excluding hydrogens is 354 g/mol. The summed E-state index contributed by atoms with van der Waals surface area (Å²) in [5.74, 6) is 0.597. The topological polar surface area (TPSA) is 75.5 Å². The summed E-state index contributed by atoms with van der Waals surface area (Å²) in [6.45, 7) is 2.52. The molecule has 0 amide bonds. The molecule has 2 aromatic carbocycles. The van der Waals surface area contributed by atoms with Crippen molar-refractivity contribution < 1.29 is 4.74 Å². The number of rotatable bonds is 3. The van der Waals surface area contributed by atoms with Gasteiger partial charge in [0.2, 0.25) is 0 Å². The second-order valence-corrected chi connectivity index (χ2v) is 6.30. The van der Waals surface area contributed by atoms with E-state index in [0.717, 1.165) is 22.6 Å². The van der Waals surface area contributed by atoms with E-state index < -0.39 is 0 Å². The number of ether oxygens (including phenoxy) is 1. The van der Waals surface area contributed by atoms with Gasteiger partial charge in [-0.25, -0.2) is 14.3 Å². The lowest BCUT2D eigenvalue weighted by atomic mass is 10.3. The minimum absolute atomic E-state index is 0.115. The summed E-state index contributed by atoms with van der Waals surface area (Å²) in [6, 6.07) is 18.9. The van der Waals surface area contributed by atoms with Gasteiger partial charge in [-0.2, -0.15) is 10.3 Å². The lowest BCUT2D eigenvalue weighted by molar-refractivity contribution is 0.533. The minimum Gasteiger partial charge on any atom is -0.424 e. The highest BCUT2D eigenvalue weighted by Crippen LogP contribution is 2.30. The van der Waals surface area contributed by atoms with E-state index in [9.17, 15) is 4.79 Å². The van der Waals surface area contributed by atoms with Gasteiger partial charge < -0.3 is 4.74 Å². The highest BCUT2D eigenvalue weighted by atomic mass is 16.5. The van der Waals surface area contributed by atoms with Crippen LogP contribution >= 0.6 is 0 Å². The van der Waals surface area contributed by atoms with Crippen molar-refractivity contribution in [3.63, 3.8) is 0 Å². The molecule has 28 heavy (non-hydrogen) atoms. The molecular formula is C21H16N5O2. The summed E-state index contributed by atoms with van der Waals surface area (Å²) >= 11 is 0. The molecule has 7 heteroatoms. The molecule has 4 aromatic rings. The minimum atomic E-state index is -0.115. The highest BCUT2D eigenvalue weighted by molar-refractivity contribution is 5.92. The van der Waals surface area contributed by atoms with Crippen molar-refractivity contribution in [3.8, 4) is 11.4 Å². The smallest absolute Gasteiger partial charge is 0.334 e. The van der Waals surface area contributed by atoms with Crippen molar-refractivity contribution >= 4 is 28.6 Å². The monoisotopic (exact) mass is 370 g/mol. The zero-order valence-corrected chi connectivity index (χ0v) is 15.1. The molecule has 5 rings (SSSR count). The number of amidine groups is 1. The third-order valence-corrected chi connectivity index (χ3v) is 4.63. The first-order valence-electron chi connectivity index (χ1n) is 8.98. The summed E-state index contributed by atoms with van der Waals surface area (Å²) in [5, 5.41) is 4.36. The molecule has 0 N–H and O–H groups in total. The Labute approximate surface area is 160 Å². The van der Waals surface area contributed by atoms with Gasteiger partial charge in [0.05, 0.1) is 22.6 Å². The van der Waals surface area contributed by atoms with Crippen molar-refractivity contribution in [2.45, 2.75) is 13.5 Å². The van der Waals surface area contributed by atoms with Crippen LogP contribution in [0.1, 0.15) is 6.92 Å². The van der Waals surface area contributed by atoms with E-state index >= 15 is 0 Å². The predicted molar refractivity (Wildman–Crippen MR) is 107 cm³/mol. The number of para-hydroxylation sites is 2. The molecule has 1 aliphatic heterocycles. The van der Waals surface area contributed by atoms with Gasteiger partial charge in [0.15, 0.2) is 5.65 Å². The Bertz CT molecular complexity index is 1270. The molecule has 1 aliphatic rings. The van der Waals surface area contributed by atoms with Gasteiger partial charge in [-0.1, -0.05) is 12.1 Å². The van der Waals surface area contributed by atoms with E-state index in [4.69, 9.17) is 4.74 Å². The number of nitrogens with zero attached hydrogens (tertiary/aromatic N) is 5. The summed E-state index contributed by atoms with van der Waals surface area (Å²) in [6.07, 6.45) is 1.69. The van der Waals surface area contributed by atoms with Crippen LogP contribution in [-0.4, -0.2) is 20.1 Å². The first kappa shape index (κ1) is 16.3. The molecule has 0 fully saturated rings. The first-order valence-corrected chi connectivity index (χ1v) is 8.98. The quantitative estimate of drug-likeness (QED) is 0.554. The Kier molecular flexibility index (Phi) is 3.72. The number of aliphatic imine (C=N–C) groups is 1. The van der Waals surface area contributed by atoms with Crippen LogP contribution in [0.3, 0.4) is 0 Å². The van der Waals surface area contributed by atoms with Crippen LogP contribution in [0, 0.1) is 0 Å². The summed E-state index contributed by atoms with van der Waals surface area (Å²) in [4.78, 5) is 21.6. The first-order chi connectivity index (χ1) is 13.7. The number of aryl methyl sites for hydroxylation is 1. The number of fused-ring (bicyclic) bond motifs is 2. The van der Waals surface area contributed by atoms with Gasteiger partial charge in [0.1, 0.15) is 5.75 Å². The summed E-state index contributed by atoms with van der Waals surface area (Å²) in [7, 11) is 0. The van der Waals surface area contributed by atoms with E-state index in [0.29, 0.717) is 24.0 Å². The number of aromatic nitrogens is 3. The van der Waals surface area contributed by atoms with Crippen LogP contribution in [0.25, 0.3) is 16.9 Å². The van der Waals surface area contributed by atoms with Crippen molar-refractivity contribution in [1.29, 1.82) is 0 Å². The molecule has 1 radical (unpaired) electrons. The molecule has 0 saturated heterocycles. The standard InChI is InChI=1S/C21H16N5O2/c1-2-25-18-8-5-13-22-19(18)26(21(25)27)14-9-11-15(12-10-14)28-20-23-16-6-3-4-7-17(16)24-20/h3-13H,2H2,1H3. The van der Waals surface area contributed by atoms with Crippen molar-refractivity contribution in [2.75, 3.05) is 0 Å². The SMILES string of the molecule is CCn1c(=O)n(-c2ccc(OC3=Nc4ccccc4[N]3)cc2)c2ncccc21. The van der Waals surface area contributed by atoms with E-state index in [2.05, 4.69) is 15.3 Å². The molecule has 0 bridgehead atoms. The fourth-order valence-electron chi connectivity index (χ4n) is 3.32. The third kappa shape index (κ3) is 2.56. The molecule has 137 valence electrons. The van der Waals surface area contributed by atoms with Crippen LogP contribution in [0.4, 0.5) is 11.4 Å². The fraction of sp³-hybridized carbons (Fsp3) is 0.0952. The highest BCUT2D eigenvalue weighted by Gasteiger charge is 2.18. The van der Waals surface area contributed by atoms with E-state index in [1.165, 1.54) is 0 Å². The molecule has 3 heterocycles. The second kappa shape index (κ2) is 6.38. The summed E-state index contributed by atoms with van der Waals surface area (Å²) < 4.78 is 9.08. The van der Waals surface area contributed by atoms with Crippen LogP contribution < -0.4 is 15.7 Å². The normalized spacial score (nSPS) is 12.5. The van der Waals surface area contributed by atoms with Crippen LogP contribution in [0.15, 0.2) is 76.6 Å². The van der Waals surface area contributed by atoms with Crippen LogP contribution in [0.2, 0.25) is 0 Å². The van der Waals surface area contributed by atoms with E-state index in [-0.39, 0.29) is 5.69 Å². The zero-order chi connectivity index (χ0) is 19.1. The predicted octanol–water partition coefficient (Wildman–Crippen LogP) is 3.52.